The van der Waals surface area contributed by atoms with Crippen LogP contribution in [-0.2, 0) is 24.2 Å². The van der Waals surface area contributed by atoms with Gasteiger partial charge in [0.15, 0.2) is 6.61 Å². The normalized spacial score (nSPS) is 12.6. The Hall–Kier alpha value is -4.19. The molecule has 1 aliphatic carbocycles. The SMILES string of the molecule is O=C(O)COc1cccc2c1CCC(Cn1cc(Cc3ccccc3-c3cccnc3)cn1)=C2. The molecule has 170 valence electrons. The van der Waals surface area contributed by atoms with Crippen LogP contribution >= 0.6 is 0 Å². The van der Waals surface area contributed by atoms with Crippen LogP contribution in [-0.4, -0.2) is 32.4 Å². The lowest BCUT2D eigenvalue weighted by molar-refractivity contribution is -0.139. The Kier molecular flexibility index (Phi) is 6.21. The summed E-state index contributed by atoms with van der Waals surface area (Å²) < 4.78 is 7.46. The number of aromatic nitrogens is 3. The highest BCUT2D eigenvalue weighted by molar-refractivity contribution is 5.69. The Morgan fingerprint density at radius 3 is 2.79 bits per heavy atom. The zero-order chi connectivity index (χ0) is 23.3. The third kappa shape index (κ3) is 4.91. The summed E-state index contributed by atoms with van der Waals surface area (Å²) in [6.07, 6.45) is 12.4. The number of fused-ring (bicyclic) bond motifs is 1. The van der Waals surface area contributed by atoms with E-state index in [-0.39, 0.29) is 6.61 Å². The monoisotopic (exact) mass is 451 g/mol. The first-order valence-electron chi connectivity index (χ1n) is 11.3. The van der Waals surface area contributed by atoms with E-state index in [1.807, 2.05) is 41.3 Å². The van der Waals surface area contributed by atoms with Crippen molar-refractivity contribution in [3.63, 3.8) is 0 Å². The highest BCUT2D eigenvalue weighted by Crippen LogP contribution is 2.32. The van der Waals surface area contributed by atoms with Gasteiger partial charge in [0.25, 0.3) is 0 Å². The highest BCUT2D eigenvalue weighted by atomic mass is 16.5. The summed E-state index contributed by atoms with van der Waals surface area (Å²) in [6.45, 7) is 0.400. The van der Waals surface area contributed by atoms with Crippen molar-refractivity contribution in [2.75, 3.05) is 6.61 Å². The van der Waals surface area contributed by atoms with Gasteiger partial charge in [-0.15, -0.1) is 0 Å². The number of hydrogen-bond donors (Lipinski definition) is 1. The first kappa shape index (κ1) is 21.6. The molecule has 6 nitrogen and oxygen atoms in total. The van der Waals surface area contributed by atoms with Crippen LogP contribution in [0.3, 0.4) is 0 Å². The second-order valence-corrected chi connectivity index (χ2v) is 8.43. The minimum atomic E-state index is -0.970. The average Bonchev–Trinajstić information content (AvgIpc) is 3.30. The van der Waals surface area contributed by atoms with Crippen molar-refractivity contribution in [2.45, 2.75) is 25.8 Å². The van der Waals surface area contributed by atoms with E-state index < -0.39 is 5.97 Å². The number of benzene rings is 2. The predicted molar refractivity (Wildman–Crippen MR) is 131 cm³/mol. The topological polar surface area (TPSA) is 77.2 Å². The third-order valence-electron chi connectivity index (χ3n) is 6.01. The Labute approximate surface area is 198 Å². The Morgan fingerprint density at radius 2 is 1.94 bits per heavy atom. The number of carbonyl (C=O) groups is 1. The van der Waals surface area contributed by atoms with Crippen molar-refractivity contribution in [1.29, 1.82) is 0 Å². The fourth-order valence-corrected chi connectivity index (χ4v) is 4.45. The first-order valence-corrected chi connectivity index (χ1v) is 11.3. The fourth-order valence-electron chi connectivity index (χ4n) is 4.45. The van der Waals surface area contributed by atoms with E-state index in [4.69, 9.17) is 9.84 Å². The van der Waals surface area contributed by atoms with Gasteiger partial charge in [-0.25, -0.2) is 4.79 Å². The molecule has 0 bridgehead atoms. The Morgan fingerprint density at radius 1 is 1.03 bits per heavy atom. The molecular weight excluding hydrogens is 426 g/mol. The predicted octanol–water partition coefficient (Wildman–Crippen LogP) is 5.03. The maximum atomic E-state index is 10.9. The molecule has 2 aromatic carbocycles. The van der Waals surface area contributed by atoms with Gasteiger partial charge in [-0.2, -0.15) is 5.10 Å². The summed E-state index contributed by atoms with van der Waals surface area (Å²) >= 11 is 0. The lowest BCUT2D eigenvalue weighted by atomic mass is 9.91. The third-order valence-corrected chi connectivity index (χ3v) is 6.01. The van der Waals surface area contributed by atoms with Crippen LogP contribution in [0.4, 0.5) is 0 Å². The van der Waals surface area contributed by atoms with E-state index in [2.05, 4.69) is 52.7 Å². The molecule has 0 saturated heterocycles. The average molecular weight is 452 g/mol. The number of allylic oxidation sites excluding steroid dienone is 1. The van der Waals surface area contributed by atoms with Crippen molar-refractivity contribution in [1.82, 2.24) is 14.8 Å². The zero-order valence-corrected chi connectivity index (χ0v) is 18.7. The van der Waals surface area contributed by atoms with Crippen LogP contribution in [0, 0.1) is 0 Å². The standard InChI is InChI=1S/C28H25N3O3/c32-28(33)19-34-27-9-3-6-23-13-20(10-11-26(23)27)17-31-18-21(15-30-31)14-22-5-1-2-8-25(22)24-7-4-12-29-16-24/h1-9,12-13,15-16,18H,10-11,14,17,19H2,(H,32,33). The van der Waals surface area contributed by atoms with E-state index in [1.54, 1.807) is 6.20 Å². The molecule has 0 radical (unpaired) electrons. The number of nitrogens with zero attached hydrogens (tertiary/aromatic N) is 3. The Bertz CT molecular complexity index is 1340. The Balaban J connectivity index is 1.30. The van der Waals surface area contributed by atoms with Gasteiger partial charge in [0, 0.05) is 36.1 Å². The molecule has 2 heterocycles. The van der Waals surface area contributed by atoms with E-state index in [1.165, 1.54) is 16.7 Å². The molecule has 34 heavy (non-hydrogen) atoms. The molecule has 1 N–H and O–H groups in total. The van der Waals surface area contributed by atoms with E-state index in [0.717, 1.165) is 48.1 Å². The number of pyridine rings is 1. The second-order valence-electron chi connectivity index (χ2n) is 8.43. The number of hydrogen-bond acceptors (Lipinski definition) is 4. The first-order chi connectivity index (χ1) is 16.7. The van der Waals surface area contributed by atoms with Crippen LogP contribution < -0.4 is 4.74 Å². The minimum Gasteiger partial charge on any atom is -0.482 e. The van der Waals surface area contributed by atoms with Gasteiger partial charge in [-0.05, 0) is 52.8 Å². The lowest BCUT2D eigenvalue weighted by Crippen LogP contribution is -2.12. The van der Waals surface area contributed by atoms with Crippen LogP contribution in [0.2, 0.25) is 0 Å². The molecule has 5 rings (SSSR count). The number of carboxylic acid groups (broad SMARTS) is 1. The number of aliphatic carboxylic acids is 1. The molecule has 0 saturated carbocycles. The molecule has 0 amide bonds. The zero-order valence-electron chi connectivity index (χ0n) is 18.7. The van der Waals surface area contributed by atoms with Gasteiger partial charge in [-0.3, -0.25) is 9.67 Å². The number of rotatable bonds is 8. The van der Waals surface area contributed by atoms with Gasteiger partial charge in [0.05, 0.1) is 12.7 Å². The van der Waals surface area contributed by atoms with E-state index in [9.17, 15) is 4.79 Å². The summed E-state index contributed by atoms with van der Waals surface area (Å²) in [5.41, 5.74) is 8.15. The number of carboxylic acids is 1. The molecule has 1 aliphatic rings. The van der Waals surface area contributed by atoms with E-state index in [0.29, 0.717) is 5.75 Å². The van der Waals surface area contributed by atoms with Gasteiger partial charge < -0.3 is 9.84 Å². The summed E-state index contributed by atoms with van der Waals surface area (Å²) in [5, 5.41) is 13.5. The highest BCUT2D eigenvalue weighted by Gasteiger charge is 2.16. The van der Waals surface area contributed by atoms with Crippen molar-refractivity contribution in [3.05, 3.63) is 107 Å². The molecule has 0 unspecified atom stereocenters. The second kappa shape index (κ2) is 9.75. The molecule has 0 fully saturated rings. The van der Waals surface area contributed by atoms with Gasteiger partial charge >= 0.3 is 5.97 Å². The summed E-state index contributed by atoms with van der Waals surface area (Å²) in [6, 6.07) is 18.2. The maximum absolute atomic E-state index is 10.9. The van der Waals surface area contributed by atoms with E-state index >= 15 is 0 Å². The summed E-state index contributed by atoms with van der Waals surface area (Å²) in [7, 11) is 0. The molecule has 6 heteroatoms. The van der Waals surface area contributed by atoms with Crippen LogP contribution in [0.25, 0.3) is 17.2 Å². The lowest BCUT2D eigenvalue weighted by Gasteiger charge is -2.19. The van der Waals surface area contributed by atoms with Crippen LogP contribution in [0.15, 0.2) is 85.0 Å². The molecule has 0 spiro atoms. The fraction of sp³-hybridized carbons (Fsp3) is 0.179. The van der Waals surface area contributed by atoms with Crippen molar-refractivity contribution >= 4 is 12.0 Å². The van der Waals surface area contributed by atoms with Gasteiger partial charge in [-0.1, -0.05) is 48.5 Å². The number of ether oxygens (including phenoxy) is 1. The van der Waals surface area contributed by atoms with Crippen LogP contribution in [0.5, 0.6) is 5.75 Å². The summed E-state index contributed by atoms with van der Waals surface area (Å²) in [4.78, 5) is 15.1. The van der Waals surface area contributed by atoms with Crippen molar-refractivity contribution in [2.24, 2.45) is 0 Å². The minimum absolute atomic E-state index is 0.326. The van der Waals surface area contributed by atoms with Crippen LogP contribution in [0.1, 0.15) is 28.7 Å². The van der Waals surface area contributed by atoms with Crippen molar-refractivity contribution in [3.8, 4) is 16.9 Å². The van der Waals surface area contributed by atoms with Crippen molar-refractivity contribution < 1.29 is 14.6 Å². The molecule has 0 aliphatic heterocycles. The van der Waals surface area contributed by atoms with Gasteiger partial charge in [0.2, 0.25) is 0 Å². The quantitative estimate of drug-likeness (QED) is 0.407. The molecular formula is C28H25N3O3. The molecule has 0 atom stereocenters. The van der Waals surface area contributed by atoms with Gasteiger partial charge in [0.1, 0.15) is 5.75 Å². The molecule has 2 aromatic heterocycles. The maximum Gasteiger partial charge on any atom is 0.341 e. The largest absolute Gasteiger partial charge is 0.482 e. The smallest absolute Gasteiger partial charge is 0.341 e. The molecule has 4 aromatic rings. The summed E-state index contributed by atoms with van der Waals surface area (Å²) in [5.74, 6) is -0.314.